The van der Waals surface area contributed by atoms with E-state index in [2.05, 4.69) is 33.5 Å². The molecule has 1 aromatic carbocycles. The van der Waals surface area contributed by atoms with Crippen molar-refractivity contribution >= 4 is 35.6 Å². The number of nitrogens with one attached hydrogen (secondary N) is 1. The fourth-order valence-corrected chi connectivity index (χ4v) is 4.85. The Kier molecular flexibility index (Phi) is 5.78. The van der Waals surface area contributed by atoms with Crippen LogP contribution in [0.1, 0.15) is 47.6 Å². The third kappa shape index (κ3) is 4.04. The summed E-state index contributed by atoms with van der Waals surface area (Å²) in [6.07, 6.45) is 3.77. The van der Waals surface area contributed by atoms with Gasteiger partial charge in [0.2, 0.25) is 5.06 Å². The number of nitrogens with zero attached hydrogens (tertiary/aromatic N) is 4. The van der Waals surface area contributed by atoms with Crippen molar-refractivity contribution in [3.63, 3.8) is 0 Å². The van der Waals surface area contributed by atoms with Gasteiger partial charge in [0.15, 0.2) is 11.5 Å². The maximum absolute atomic E-state index is 12.1. The van der Waals surface area contributed by atoms with Crippen LogP contribution < -0.4 is 10.2 Å². The van der Waals surface area contributed by atoms with Gasteiger partial charge in [0.1, 0.15) is 6.10 Å². The number of hydroxylamine groups is 2. The second-order valence-electron chi connectivity index (χ2n) is 8.35. The third-order valence-electron chi connectivity index (χ3n) is 6.14. The summed E-state index contributed by atoms with van der Waals surface area (Å²) in [5, 5.41) is 13.2. The summed E-state index contributed by atoms with van der Waals surface area (Å²) in [7, 11) is 3.62. The van der Waals surface area contributed by atoms with Crippen molar-refractivity contribution in [3.8, 4) is 16.9 Å². The molecule has 1 aliphatic carbocycles. The number of aromatic nitrogens is 3. The highest BCUT2D eigenvalue weighted by Crippen LogP contribution is 2.63. The van der Waals surface area contributed by atoms with Gasteiger partial charge in [-0.25, -0.2) is 4.68 Å². The topological polar surface area (TPSA) is 98.6 Å². The molecule has 2 fully saturated rings. The van der Waals surface area contributed by atoms with E-state index in [1.54, 1.807) is 4.68 Å². The van der Waals surface area contributed by atoms with Crippen molar-refractivity contribution in [2.45, 2.75) is 25.9 Å². The molecule has 178 valence electrons. The van der Waals surface area contributed by atoms with Crippen LogP contribution in [-0.4, -0.2) is 39.5 Å². The lowest BCUT2D eigenvalue weighted by atomic mass is 9.90. The van der Waals surface area contributed by atoms with Crippen molar-refractivity contribution in [2.75, 3.05) is 12.4 Å². The Morgan fingerprint density at radius 3 is 2.74 bits per heavy atom. The van der Waals surface area contributed by atoms with Gasteiger partial charge in [0.05, 0.1) is 16.0 Å². The first-order chi connectivity index (χ1) is 17.0. The molecule has 6 rings (SSSR count). The monoisotopic (exact) mass is 489 g/mol. The standard InChI is InChI=1S/C16H13N5O2S.C9H10O2/c1-17-13-11(18-19-20(13)2)4-3-10-7-9-8-12-16(5-6-16)15(22)21(12)23-14(9)24-10;1-8(11-7-10)9-5-3-2-4-6-9/h7-8,17H,5-6H2,1-2H3;2-8H,1H3. The largest absolute Gasteiger partial charge is 0.460 e. The van der Waals surface area contributed by atoms with E-state index in [4.69, 9.17) is 9.57 Å². The summed E-state index contributed by atoms with van der Waals surface area (Å²) in [4.78, 5) is 28.6. The van der Waals surface area contributed by atoms with E-state index >= 15 is 0 Å². The molecule has 35 heavy (non-hydrogen) atoms. The Morgan fingerprint density at radius 2 is 2.06 bits per heavy atom. The Morgan fingerprint density at radius 1 is 1.29 bits per heavy atom. The number of amides is 1. The summed E-state index contributed by atoms with van der Waals surface area (Å²) in [6, 6.07) is 11.6. The Labute approximate surface area is 206 Å². The number of ether oxygens (including phenoxy) is 1. The molecule has 1 saturated carbocycles. The quantitative estimate of drug-likeness (QED) is 0.340. The zero-order chi connectivity index (χ0) is 24.6. The summed E-state index contributed by atoms with van der Waals surface area (Å²) >= 11 is 1.43. The van der Waals surface area contributed by atoms with Crippen LogP contribution in [0.5, 0.6) is 5.06 Å². The van der Waals surface area contributed by atoms with Gasteiger partial charge in [0, 0.05) is 19.7 Å². The van der Waals surface area contributed by atoms with E-state index in [-0.39, 0.29) is 17.4 Å². The normalized spacial score (nSPS) is 16.6. The molecule has 9 nitrogen and oxygen atoms in total. The van der Waals surface area contributed by atoms with Crippen LogP contribution in [0.2, 0.25) is 0 Å². The summed E-state index contributed by atoms with van der Waals surface area (Å²) < 4.78 is 6.39. The lowest BCUT2D eigenvalue weighted by Gasteiger charge is -2.41. The molecular weight excluding hydrogens is 466 g/mol. The van der Waals surface area contributed by atoms with Crippen molar-refractivity contribution in [1.29, 1.82) is 0 Å². The molecule has 3 aromatic rings. The second kappa shape index (κ2) is 8.92. The minimum atomic E-state index is -0.243. The first-order valence-electron chi connectivity index (χ1n) is 11.1. The molecule has 0 bridgehead atoms. The number of fused-ring (bicyclic) bond motifs is 3. The molecule has 2 aromatic heterocycles. The van der Waals surface area contributed by atoms with E-state index in [1.807, 2.05) is 57.4 Å². The number of aryl methyl sites for hydroxylation is 1. The van der Waals surface area contributed by atoms with Crippen LogP contribution >= 0.6 is 11.3 Å². The first kappa shape index (κ1) is 22.7. The Hall–Kier alpha value is -4.10. The number of β-lactam (4-membered cyclic amide) rings is 1. The van der Waals surface area contributed by atoms with Crippen LogP contribution in [-0.2, 0) is 21.4 Å². The minimum Gasteiger partial charge on any atom is -0.460 e. The lowest BCUT2D eigenvalue weighted by molar-refractivity contribution is -0.174. The van der Waals surface area contributed by atoms with Gasteiger partial charge < -0.3 is 14.9 Å². The van der Waals surface area contributed by atoms with Gasteiger partial charge in [-0.15, -0.1) is 10.2 Å². The molecule has 1 N–H and O–H groups in total. The molecule has 1 amide bonds. The van der Waals surface area contributed by atoms with Crippen molar-refractivity contribution < 1.29 is 19.2 Å². The molecule has 3 aliphatic rings. The molecule has 1 saturated heterocycles. The summed E-state index contributed by atoms with van der Waals surface area (Å²) in [5.74, 6) is 6.99. The number of carbonyl (C=O) groups excluding carboxylic acids is 2. The Balaban J connectivity index is 0.000000195. The smallest absolute Gasteiger partial charge is 0.293 e. The molecule has 0 radical (unpaired) electrons. The maximum atomic E-state index is 12.1. The fourth-order valence-electron chi connectivity index (χ4n) is 4.02. The second-order valence-corrected chi connectivity index (χ2v) is 9.37. The number of hydrogen-bond donors (Lipinski definition) is 1. The van der Waals surface area contributed by atoms with Crippen molar-refractivity contribution in [1.82, 2.24) is 20.1 Å². The number of thiophene rings is 1. The fraction of sp³-hybridized carbons (Fsp3) is 0.280. The minimum absolute atomic E-state index is 0.0821. The molecular formula is C25H23N5O4S. The molecule has 1 atom stereocenters. The number of benzene rings is 1. The van der Waals surface area contributed by atoms with E-state index in [0.29, 0.717) is 17.2 Å². The van der Waals surface area contributed by atoms with Crippen LogP contribution in [0.15, 0.2) is 42.1 Å². The molecule has 1 spiro atoms. The van der Waals surface area contributed by atoms with E-state index in [0.717, 1.165) is 40.4 Å². The average Bonchev–Trinajstić information content (AvgIpc) is 3.51. The van der Waals surface area contributed by atoms with Gasteiger partial charge in [-0.2, -0.15) is 0 Å². The van der Waals surface area contributed by atoms with Gasteiger partial charge in [0.25, 0.3) is 12.4 Å². The van der Waals surface area contributed by atoms with Crippen LogP contribution in [0.4, 0.5) is 5.82 Å². The average molecular weight is 490 g/mol. The van der Waals surface area contributed by atoms with E-state index < -0.39 is 0 Å². The van der Waals surface area contributed by atoms with Gasteiger partial charge in [-0.1, -0.05) is 46.9 Å². The van der Waals surface area contributed by atoms with Crippen molar-refractivity contribution in [2.24, 2.45) is 12.5 Å². The number of rotatable bonds is 4. The highest BCUT2D eigenvalue weighted by Gasteiger charge is 2.67. The van der Waals surface area contributed by atoms with E-state index in [1.165, 1.54) is 16.4 Å². The Bertz CT molecular complexity index is 1380. The lowest BCUT2D eigenvalue weighted by Crippen LogP contribution is -2.54. The zero-order valence-corrected chi connectivity index (χ0v) is 20.3. The molecule has 2 aliphatic heterocycles. The van der Waals surface area contributed by atoms with E-state index in [9.17, 15) is 9.59 Å². The number of hydrogen-bond acceptors (Lipinski definition) is 8. The summed E-state index contributed by atoms with van der Waals surface area (Å²) in [5.41, 5.74) is 3.35. The van der Waals surface area contributed by atoms with Crippen LogP contribution in [0.3, 0.4) is 0 Å². The molecule has 4 heterocycles. The maximum Gasteiger partial charge on any atom is 0.293 e. The predicted molar refractivity (Wildman–Crippen MR) is 130 cm³/mol. The van der Waals surface area contributed by atoms with Crippen LogP contribution in [0.25, 0.3) is 6.08 Å². The SMILES string of the molecule is CC(OC=O)c1ccccc1.CNc1c(C#Cc2cc3c(s2)ON2C(=O)C4(CC4)C2=C3)nnn1C. The highest BCUT2D eigenvalue weighted by atomic mass is 32.1. The molecule has 1 unspecified atom stereocenters. The molecule has 10 heteroatoms. The third-order valence-corrected chi connectivity index (χ3v) is 7.08. The van der Waals surface area contributed by atoms with Crippen molar-refractivity contribution in [3.05, 3.63) is 63.8 Å². The van der Waals surface area contributed by atoms with Gasteiger partial charge in [-0.3, -0.25) is 9.59 Å². The predicted octanol–water partition coefficient (Wildman–Crippen LogP) is 3.51. The first-order valence-corrected chi connectivity index (χ1v) is 11.9. The van der Waals surface area contributed by atoms with Gasteiger partial charge in [-0.05, 0) is 49.3 Å². The number of anilines is 1. The number of carbonyl (C=O) groups is 2. The highest BCUT2D eigenvalue weighted by molar-refractivity contribution is 7.14. The zero-order valence-electron chi connectivity index (χ0n) is 19.4. The summed E-state index contributed by atoms with van der Waals surface area (Å²) in [6.45, 7) is 2.31. The van der Waals surface area contributed by atoms with Gasteiger partial charge >= 0.3 is 0 Å². The van der Waals surface area contributed by atoms with Crippen LogP contribution in [0, 0.1) is 17.3 Å².